The summed E-state index contributed by atoms with van der Waals surface area (Å²) in [6.45, 7) is 0. The van der Waals surface area contributed by atoms with Gasteiger partial charge in [-0.3, -0.25) is 4.79 Å². The average molecular weight is 292 g/mol. The molecule has 1 heterocycles. The highest BCUT2D eigenvalue weighted by Gasteiger charge is 2.12. The molecule has 0 fully saturated rings. The van der Waals surface area contributed by atoms with Crippen LogP contribution in [-0.2, 0) is 0 Å². The Morgan fingerprint density at radius 3 is 2.70 bits per heavy atom. The van der Waals surface area contributed by atoms with Crippen LogP contribution in [0, 0.1) is 0 Å². The Morgan fingerprint density at radius 2 is 2.05 bits per heavy atom. The van der Waals surface area contributed by atoms with E-state index in [4.69, 9.17) is 22.5 Å². The van der Waals surface area contributed by atoms with Crippen molar-refractivity contribution in [1.29, 1.82) is 0 Å². The Morgan fingerprint density at radius 1 is 1.35 bits per heavy atom. The third-order valence-electron chi connectivity index (χ3n) is 2.44. The second-order valence-corrected chi connectivity index (χ2v) is 4.19. The van der Waals surface area contributed by atoms with Crippen LogP contribution in [0.25, 0.3) is 0 Å². The Labute approximate surface area is 119 Å². The number of hydrogen-bond acceptors (Lipinski definition) is 5. The monoisotopic (exact) mass is 291 g/mol. The van der Waals surface area contributed by atoms with Gasteiger partial charge in [-0.15, -0.1) is 0 Å². The van der Waals surface area contributed by atoms with Crippen LogP contribution in [0.1, 0.15) is 15.9 Å². The van der Waals surface area contributed by atoms with Crippen LogP contribution in [0.4, 0.5) is 5.69 Å². The van der Waals surface area contributed by atoms with Crippen molar-refractivity contribution < 1.29 is 10.0 Å². The Bertz CT molecular complexity index is 660. The number of amidine groups is 1. The summed E-state index contributed by atoms with van der Waals surface area (Å²) >= 11 is 5.87. The van der Waals surface area contributed by atoms with Crippen LogP contribution in [0.3, 0.4) is 0 Å². The minimum absolute atomic E-state index is 0.138. The van der Waals surface area contributed by atoms with Gasteiger partial charge in [0.25, 0.3) is 5.91 Å². The maximum absolute atomic E-state index is 12.0. The third kappa shape index (κ3) is 3.01. The number of hydrogen-bond donors (Lipinski definition) is 3. The van der Waals surface area contributed by atoms with Crippen molar-refractivity contribution in [2.45, 2.75) is 0 Å². The highest BCUT2D eigenvalue weighted by Crippen LogP contribution is 2.21. The highest BCUT2D eigenvalue weighted by atomic mass is 35.5. The minimum Gasteiger partial charge on any atom is -0.409 e. The van der Waals surface area contributed by atoms with Crippen LogP contribution in [0.2, 0.25) is 5.02 Å². The van der Waals surface area contributed by atoms with E-state index in [1.807, 2.05) is 0 Å². The summed E-state index contributed by atoms with van der Waals surface area (Å²) in [7, 11) is 0. The van der Waals surface area contributed by atoms with Crippen molar-refractivity contribution in [3.05, 3.63) is 53.1 Å². The maximum Gasteiger partial charge on any atom is 0.258 e. The highest BCUT2D eigenvalue weighted by molar-refractivity contribution is 6.31. The molecule has 0 aliphatic heterocycles. The van der Waals surface area contributed by atoms with Gasteiger partial charge in [-0.25, -0.2) is 9.97 Å². The summed E-state index contributed by atoms with van der Waals surface area (Å²) in [5, 5.41) is 14.6. The lowest BCUT2D eigenvalue weighted by Crippen LogP contribution is -2.19. The van der Waals surface area contributed by atoms with Crippen LogP contribution >= 0.6 is 11.6 Å². The number of anilines is 1. The van der Waals surface area contributed by atoms with Crippen LogP contribution in [0.15, 0.2) is 42.1 Å². The van der Waals surface area contributed by atoms with E-state index in [0.717, 1.165) is 0 Å². The van der Waals surface area contributed by atoms with E-state index in [0.29, 0.717) is 16.3 Å². The first-order valence-corrected chi connectivity index (χ1v) is 5.83. The molecule has 8 heteroatoms. The smallest absolute Gasteiger partial charge is 0.258 e. The Balaban J connectivity index is 2.33. The van der Waals surface area contributed by atoms with Crippen molar-refractivity contribution in [3.63, 3.8) is 0 Å². The van der Waals surface area contributed by atoms with Gasteiger partial charge in [-0.2, -0.15) is 0 Å². The molecule has 2 aromatic rings. The molecule has 0 aliphatic carbocycles. The van der Waals surface area contributed by atoms with Crippen LogP contribution < -0.4 is 11.1 Å². The van der Waals surface area contributed by atoms with Gasteiger partial charge in [0, 0.05) is 23.0 Å². The quantitative estimate of drug-likeness (QED) is 0.343. The first-order valence-electron chi connectivity index (χ1n) is 5.45. The van der Waals surface area contributed by atoms with Crippen molar-refractivity contribution in [3.8, 4) is 0 Å². The van der Waals surface area contributed by atoms with Crippen molar-refractivity contribution >= 4 is 29.0 Å². The normalized spacial score (nSPS) is 11.2. The number of halogens is 1. The van der Waals surface area contributed by atoms with Gasteiger partial charge in [-0.1, -0.05) is 16.8 Å². The Kier molecular flexibility index (Phi) is 4.11. The zero-order valence-corrected chi connectivity index (χ0v) is 10.9. The number of amides is 1. The fraction of sp³-hybridized carbons (Fsp3) is 0. The number of benzene rings is 1. The topological polar surface area (TPSA) is 113 Å². The lowest BCUT2D eigenvalue weighted by atomic mass is 10.1. The lowest BCUT2D eigenvalue weighted by Gasteiger charge is -2.10. The number of carbonyl (C=O) groups excluding carboxylic acids is 1. The van der Waals surface area contributed by atoms with E-state index in [-0.39, 0.29) is 11.4 Å². The van der Waals surface area contributed by atoms with Gasteiger partial charge in [0.15, 0.2) is 5.84 Å². The average Bonchev–Trinajstić information content (AvgIpc) is 2.47. The fourth-order valence-electron chi connectivity index (χ4n) is 1.51. The van der Waals surface area contributed by atoms with Crippen LogP contribution in [-0.4, -0.2) is 26.9 Å². The number of nitrogens with zero attached hydrogens (tertiary/aromatic N) is 3. The van der Waals surface area contributed by atoms with Gasteiger partial charge in [0.2, 0.25) is 0 Å². The summed E-state index contributed by atoms with van der Waals surface area (Å²) in [6, 6.07) is 4.60. The summed E-state index contributed by atoms with van der Waals surface area (Å²) in [5.74, 6) is -0.568. The van der Waals surface area contributed by atoms with E-state index in [1.165, 1.54) is 30.9 Å². The van der Waals surface area contributed by atoms with Gasteiger partial charge in [-0.05, 0) is 18.2 Å². The van der Waals surface area contributed by atoms with E-state index < -0.39 is 5.91 Å². The van der Waals surface area contributed by atoms with Gasteiger partial charge < -0.3 is 16.3 Å². The first-order chi connectivity index (χ1) is 9.61. The molecule has 1 aromatic carbocycles. The summed E-state index contributed by atoms with van der Waals surface area (Å²) in [6.07, 6.45) is 4.06. The number of nitrogens with two attached hydrogens (primary N) is 1. The molecule has 2 rings (SSSR count). The minimum atomic E-state index is -0.431. The molecule has 0 bridgehead atoms. The van der Waals surface area contributed by atoms with Crippen molar-refractivity contribution in [1.82, 2.24) is 9.97 Å². The molecule has 0 saturated heterocycles. The largest absolute Gasteiger partial charge is 0.409 e. The van der Waals surface area contributed by atoms with E-state index in [2.05, 4.69) is 20.4 Å². The molecule has 7 nitrogen and oxygen atoms in total. The predicted molar refractivity (Wildman–Crippen MR) is 73.9 cm³/mol. The van der Waals surface area contributed by atoms with Crippen molar-refractivity contribution in [2.24, 2.45) is 10.9 Å². The number of nitrogens with one attached hydrogen (secondary N) is 1. The van der Waals surface area contributed by atoms with Gasteiger partial charge in [0.05, 0.1) is 11.3 Å². The summed E-state index contributed by atoms with van der Waals surface area (Å²) in [5.41, 5.74) is 6.49. The second-order valence-electron chi connectivity index (χ2n) is 3.76. The SMILES string of the molecule is N/C(=N/O)c1ccc(Cl)cc1NC(=O)c1cncnc1. The molecule has 0 aliphatic rings. The summed E-state index contributed by atoms with van der Waals surface area (Å²) in [4.78, 5) is 19.5. The van der Waals surface area contributed by atoms with E-state index in [1.54, 1.807) is 6.07 Å². The van der Waals surface area contributed by atoms with E-state index >= 15 is 0 Å². The summed E-state index contributed by atoms with van der Waals surface area (Å²) < 4.78 is 0. The predicted octanol–water partition coefficient (Wildman–Crippen LogP) is 1.48. The molecule has 0 unspecified atom stereocenters. The molecule has 0 saturated carbocycles. The number of oxime groups is 1. The van der Waals surface area contributed by atoms with Crippen molar-refractivity contribution in [2.75, 3.05) is 5.32 Å². The van der Waals surface area contributed by atoms with Crippen LogP contribution in [0.5, 0.6) is 0 Å². The van der Waals surface area contributed by atoms with Gasteiger partial charge in [0.1, 0.15) is 6.33 Å². The molecule has 20 heavy (non-hydrogen) atoms. The molecular formula is C12H10ClN5O2. The fourth-order valence-corrected chi connectivity index (χ4v) is 1.68. The van der Waals surface area contributed by atoms with Gasteiger partial charge >= 0.3 is 0 Å². The first kappa shape index (κ1) is 13.8. The number of carbonyl (C=O) groups is 1. The maximum atomic E-state index is 12.0. The molecule has 1 aromatic heterocycles. The standard InChI is InChI=1S/C12H10ClN5O2/c13-8-1-2-9(11(14)18-20)10(3-8)17-12(19)7-4-15-6-16-5-7/h1-6,20H,(H2,14,18)(H,17,19). The molecule has 4 N–H and O–H groups in total. The molecule has 0 spiro atoms. The molecular weight excluding hydrogens is 282 g/mol. The third-order valence-corrected chi connectivity index (χ3v) is 2.67. The molecule has 0 radical (unpaired) electrons. The van der Waals surface area contributed by atoms with E-state index in [9.17, 15) is 4.79 Å². The number of rotatable bonds is 3. The lowest BCUT2D eigenvalue weighted by molar-refractivity contribution is 0.102. The number of aromatic nitrogens is 2. The molecule has 102 valence electrons. The molecule has 1 amide bonds. The Hall–Kier alpha value is -2.67. The zero-order valence-electron chi connectivity index (χ0n) is 10.1. The molecule has 0 atom stereocenters. The zero-order chi connectivity index (χ0) is 14.5. The second kappa shape index (κ2) is 5.98.